The molecule has 74 valence electrons. The fourth-order valence-electron chi connectivity index (χ4n) is 1.65. The standard InChI is InChI=1S/C9H15NOS2/c1-7-6-8(7)9(11)10-2-4-12-13-5-3-10/h7-8H,2-6H2,1H3/t7-,8-/m0/s1. The first kappa shape index (κ1) is 9.71. The quantitative estimate of drug-likeness (QED) is 0.625. The fourth-order valence-corrected chi connectivity index (χ4v) is 3.63. The van der Waals surface area contributed by atoms with Crippen LogP contribution in [0.4, 0.5) is 0 Å². The molecule has 1 aliphatic carbocycles. The molecule has 0 aromatic carbocycles. The Bertz CT molecular complexity index is 202. The van der Waals surface area contributed by atoms with E-state index in [-0.39, 0.29) is 0 Å². The maximum atomic E-state index is 11.8. The van der Waals surface area contributed by atoms with Gasteiger partial charge in [0.15, 0.2) is 0 Å². The minimum Gasteiger partial charge on any atom is -0.341 e. The van der Waals surface area contributed by atoms with Crippen LogP contribution in [0.2, 0.25) is 0 Å². The van der Waals surface area contributed by atoms with Crippen LogP contribution in [0, 0.1) is 11.8 Å². The molecule has 0 bridgehead atoms. The molecule has 2 atom stereocenters. The first-order chi connectivity index (χ1) is 6.29. The van der Waals surface area contributed by atoms with Crippen molar-refractivity contribution in [3.05, 3.63) is 0 Å². The topological polar surface area (TPSA) is 20.3 Å². The van der Waals surface area contributed by atoms with Crippen LogP contribution in [0.15, 0.2) is 0 Å². The molecule has 1 amide bonds. The molecule has 2 aliphatic rings. The third-order valence-corrected chi connectivity index (χ3v) is 5.08. The van der Waals surface area contributed by atoms with Gasteiger partial charge in [-0.05, 0) is 12.3 Å². The normalized spacial score (nSPS) is 34.1. The highest BCUT2D eigenvalue weighted by Crippen LogP contribution is 2.39. The van der Waals surface area contributed by atoms with E-state index < -0.39 is 0 Å². The highest BCUT2D eigenvalue weighted by molar-refractivity contribution is 8.76. The molecule has 2 fully saturated rings. The van der Waals surface area contributed by atoms with E-state index in [1.54, 1.807) is 0 Å². The number of carbonyl (C=O) groups excluding carboxylic acids is 1. The monoisotopic (exact) mass is 217 g/mol. The Hall–Kier alpha value is 0.170. The maximum Gasteiger partial charge on any atom is 0.226 e. The van der Waals surface area contributed by atoms with Crippen LogP contribution >= 0.6 is 21.6 Å². The van der Waals surface area contributed by atoms with E-state index >= 15 is 0 Å². The molecule has 2 rings (SSSR count). The second kappa shape index (κ2) is 4.13. The SMILES string of the molecule is C[C@H]1C[C@@H]1C(=O)N1CCSSCC1. The Labute approximate surface area is 87.2 Å². The second-order valence-corrected chi connectivity index (χ2v) is 6.49. The van der Waals surface area contributed by atoms with E-state index in [0.717, 1.165) is 31.0 Å². The zero-order chi connectivity index (χ0) is 9.26. The highest BCUT2D eigenvalue weighted by Gasteiger charge is 2.41. The van der Waals surface area contributed by atoms with Crippen molar-refractivity contribution < 1.29 is 4.79 Å². The van der Waals surface area contributed by atoms with Crippen molar-refractivity contribution in [3.8, 4) is 0 Å². The Kier molecular flexibility index (Phi) is 3.09. The lowest BCUT2D eigenvalue weighted by Crippen LogP contribution is -2.35. The maximum absolute atomic E-state index is 11.8. The number of hydrogen-bond donors (Lipinski definition) is 0. The molecule has 2 nitrogen and oxygen atoms in total. The van der Waals surface area contributed by atoms with Gasteiger partial charge in [0, 0.05) is 30.5 Å². The first-order valence-electron chi connectivity index (χ1n) is 4.82. The molecule has 0 radical (unpaired) electrons. The van der Waals surface area contributed by atoms with Crippen LogP contribution in [-0.4, -0.2) is 35.4 Å². The Morgan fingerprint density at radius 1 is 1.31 bits per heavy atom. The van der Waals surface area contributed by atoms with Gasteiger partial charge in [-0.1, -0.05) is 28.5 Å². The van der Waals surface area contributed by atoms with Crippen molar-refractivity contribution in [2.24, 2.45) is 11.8 Å². The number of nitrogens with zero attached hydrogens (tertiary/aromatic N) is 1. The predicted octanol–water partition coefficient (Wildman–Crippen LogP) is 1.87. The number of carbonyl (C=O) groups is 1. The first-order valence-corrected chi connectivity index (χ1v) is 7.31. The highest BCUT2D eigenvalue weighted by atomic mass is 33.1. The van der Waals surface area contributed by atoms with Gasteiger partial charge >= 0.3 is 0 Å². The van der Waals surface area contributed by atoms with Crippen molar-refractivity contribution in [2.45, 2.75) is 13.3 Å². The van der Waals surface area contributed by atoms with Gasteiger partial charge < -0.3 is 4.90 Å². The van der Waals surface area contributed by atoms with Gasteiger partial charge in [-0.2, -0.15) is 0 Å². The number of rotatable bonds is 1. The molecule has 1 saturated carbocycles. The summed E-state index contributed by atoms with van der Waals surface area (Å²) < 4.78 is 0. The third kappa shape index (κ3) is 2.34. The number of amides is 1. The van der Waals surface area contributed by atoms with Gasteiger partial charge in [0.25, 0.3) is 0 Å². The molecule has 1 heterocycles. The number of hydrogen-bond acceptors (Lipinski definition) is 3. The summed E-state index contributed by atoms with van der Waals surface area (Å²) in [6.45, 7) is 4.09. The van der Waals surface area contributed by atoms with E-state index in [4.69, 9.17) is 0 Å². The zero-order valence-electron chi connectivity index (χ0n) is 7.86. The van der Waals surface area contributed by atoms with Gasteiger partial charge in [-0.25, -0.2) is 0 Å². The largest absolute Gasteiger partial charge is 0.341 e. The van der Waals surface area contributed by atoms with Gasteiger partial charge in [0.1, 0.15) is 0 Å². The lowest BCUT2D eigenvalue weighted by molar-refractivity contribution is -0.132. The lowest BCUT2D eigenvalue weighted by atomic mass is 10.3. The van der Waals surface area contributed by atoms with Crippen molar-refractivity contribution in [3.63, 3.8) is 0 Å². The summed E-state index contributed by atoms with van der Waals surface area (Å²) in [4.78, 5) is 13.9. The van der Waals surface area contributed by atoms with Gasteiger partial charge in [-0.15, -0.1) is 0 Å². The molecule has 1 saturated heterocycles. The van der Waals surface area contributed by atoms with Crippen molar-refractivity contribution in [1.29, 1.82) is 0 Å². The summed E-state index contributed by atoms with van der Waals surface area (Å²) in [5.41, 5.74) is 0. The minimum absolute atomic E-state index is 0.369. The second-order valence-electron chi connectivity index (χ2n) is 3.79. The molecular weight excluding hydrogens is 202 g/mol. The van der Waals surface area contributed by atoms with Crippen LogP contribution in [0.5, 0.6) is 0 Å². The Morgan fingerprint density at radius 2 is 1.85 bits per heavy atom. The summed E-state index contributed by atoms with van der Waals surface area (Å²) in [6.07, 6.45) is 1.12. The summed E-state index contributed by atoms with van der Waals surface area (Å²) in [5, 5.41) is 0. The van der Waals surface area contributed by atoms with Crippen LogP contribution in [0.3, 0.4) is 0 Å². The van der Waals surface area contributed by atoms with E-state index in [2.05, 4.69) is 11.8 Å². The Balaban J connectivity index is 1.87. The predicted molar refractivity (Wildman–Crippen MR) is 58.8 cm³/mol. The van der Waals surface area contributed by atoms with Crippen LogP contribution in [-0.2, 0) is 4.79 Å². The summed E-state index contributed by atoms with van der Waals surface area (Å²) >= 11 is 0. The van der Waals surface area contributed by atoms with E-state index in [9.17, 15) is 4.79 Å². The summed E-state index contributed by atoms with van der Waals surface area (Å²) in [5.74, 6) is 3.62. The van der Waals surface area contributed by atoms with E-state index in [1.165, 1.54) is 0 Å². The molecule has 0 aromatic heterocycles. The average molecular weight is 217 g/mol. The van der Waals surface area contributed by atoms with E-state index in [0.29, 0.717) is 17.7 Å². The van der Waals surface area contributed by atoms with Crippen LogP contribution in [0.1, 0.15) is 13.3 Å². The minimum atomic E-state index is 0.369. The molecule has 0 unspecified atom stereocenters. The summed E-state index contributed by atoms with van der Waals surface area (Å²) in [7, 11) is 3.79. The van der Waals surface area contributed by atoms with Crippen molar-refractivity contribution in [2.75, 3.05) is 24.6 Å². The Morgan fingerprint density at radius 3 is 2.31 bits per heavy atom. The average Bonchev–Trinajstić information content (AvgIpc) is 2.86. The smallest absolute Gasteiger partial charge is 0.226 e. The van der Waals surface area contributed by atoms with Crippen molar-refractivity contribution in [1.82, 2.24) is 4.90 Å². The van der Waals surface area contributed by atoms with E-state index in [1.807, 2.05) is 21.6 Å². The molecule has 4 heteroatoms. The molecular formula is C9H15NOS2. The van der Waals surface area contributed by atoms with Gasteiger partial charge in [-0.3, -0.25) is 4.79 Å². The molecule has 0 N–H and O–H groups in total. The molecule has 0 spiro atoms. The van der Waals surface area contributed by atoms with Crippen LogP contribution in [0.25, 0.3) is 0 Å². The zero-order valence-corrected chi connectivity index (χ0v) is 9.50. The molecule has 13 heavy (non-hydrogen) atoms. The van der Waals surface area contributed by atoms with Gasteiger partial charge in [0.05, 0.1) is 0 Å². The van der Waals surface area contributed by atoms with Gasteiger partial charge in [0.2, 0.25) is 5.91 Å². The third-order valence-electron chi connectivity index (χ3n) is 2.71. The molecule has 0 aromatic rings. The fraction of sp³-hybridized carbons (Fsp3) is 0.889. The summed E-state index contributed by atoms with van der Waals surface area (Å²) in [6, 6.07) is 0. The van der Waals surface area contributed by atoms with Crippen molar-refractivity contribution >= 4 is 27.5 Å². The molecule has 1 aliphatic heterocycles. The van der Waals surface area contributed by atoms with Crippen LogP contribution < -0.4 is 0 Å². The lowest BCUT2D eigenvalue weighted by Gasteiger charge is -2.19.